The molecule has 0 radical (unpaired) electrons. The van der Waals surface area contributed by atoms with Gasteiger partial charge in [-0.1, -0.05) is 0 Å². The molecule has 0 aliphatic rings. The van der Waals surface area contributed by atoms with Crippen molar-refractivity contribution in [2.45, 2.75) is 18.9 Å². The summed E-state index contributed by atoms with van der Waals surface area (Å²) in [5.74, 6) is -0.987. The normalized spacial score (nSPS) is 12.0. The van der Waals surface area contributed by atoms with Crippen molar-refractivity contribution in [3.8, 4) is 0 Å². The van der Waals surface area contributed by atoms with E-state index in [1.54, 1.807) is 0 Å². The lowest BCUT2D eigenvalue weighted by Gasteiger charge is -2.27. The highest BCUT2D eigenvalue weighted by Crippen LogP contribution is 2.22. The van der Waals surface area contributed by atoms with Gasteiger partial charge in [0.05, 0.1) is 14.4 Å². The molecule has 0 saturated heterocycles. The minimum absolute atomic E-state index is 0.0129. The lowest BCUT2D eigenvalue weighted by molar-refractivity contribution is -0.382. The maximum Gasteiger partial charge on any atom is 0.320 e. The van der Waals surface area contributed by atoms with Crippen molar-refractivity contribution in [2.24, 2.45) is 22.2 Å². The second-order valence-electron chi connectivity index (χ2n) is 3.53. The number of quaternary nitrogens is 1. The van der Waals surface area contributed by atoms with E-state index in [9.17, 15) is 19.1 Å². The van der Waals surface area contributed by atoms with Crippen molar-refractivity contribution in [1.82, 2.24) is 0 Å². The monoisotopic (exact) mass is 314 g/mol. The third-order valence-corrected chi connectivity index (χ3v) is 2.18. The van der Waals surface area contributed by atoms with E-state index < -0.39 is 19.8 Å². The molecule has 0 aliphatic carbocycles. The Morgan fingerprint density at radius 2 is 2.00 bits per heavy atom. The predicted octanol–water partition coefficient (Wildman–Crippen LogP) is -4.47. The van der Waals surface area contributed by atoms with Crippen LogP contribution in [0.2, 0.25) is 0 Å². The van der Waals surface area contributed by atoms with Crippen molar-refractivity contribution < 1.29 is 34.5 Å². The summed E-state index contributed by atoms with van der Waals surface area (Å²) >= 11 is 0. The van der Waals surface area contributed by atoms with Crippen LogP contribution in [0.5, 0.6) is 0 Å². The molecule has 0 spiro atoms. The summed E-state index contributed by atoms with van der Waals surface area (Å²) in [5.41, 5.74) is 18.6. The number of hydrogen-bond acceptors (Lipinski definition) is 7. The molecule has 0 aromatic carbocycles. The zero-order valence-corrected chi connectivity index (χ0v) is 11.8. The molecule has 20 heavy (non-hydrogen) atoms. The summed E-state index contributed by atoms with van der Waals surface area (Å²) in [6.45, 7) is 0.585. The Labute approximate surface area is 116 Å². The van der Waals surface area contributed by atoms with Crippen LogP contribution in [0.15, 0.2) is 4.99 Å². The van der Waals surface area contributed by atoms with Gasteiger partial charge in [0.1, 0.15) is 12.6 Å². The number of carboxylic acids is 1. The Morgan fingerprint density at radius 1 is 1.45 bits per heavy atom. The highest BCUT2D eigenvalue weighted by molar-refractivity contribution is 7.43. The first kappa shape index (κ1) is 21.1. The average Bonchev–Trinajstić information content (AvgIpc) is 2.31. The lowest BCUT2D eigenvalue weighted by atomic mass is 10.2. The summed E-state index contributed by atoms with van der Waals surface area (Å²) in [7, 11) is -4.72. The van der Waals surface area contributed by atoms with Gasteiger partial charge in [0.15, 0.2) is 5.96 Å². The number of hydrogen-bond donors (Lipinski definition) is 5. The molecular weight excluding hydrogens is 293 g/mol. The molecule has 0 amide bonds. The number of phosphoric acid groups is 1. The molecule has 1 atom stereocenters. The Hall–Kier alpha value is -1.23. The molecule has 0 heterocycles. The van der Waals surface area contributed by atoms with E-state index in [0.717, 1.165) is 0 Å². The number of rotatable bonds is 8. The van der Waals surface area contributed by atoms with Gasteiger partial charge < -0.3 is 46.9 Å². The van der Waals surface area contributed by atoms with Crippen LogP contribution in [0, 0.1) is 0 Å². The van der Waals surface area contributed by atoms with Crippen LogP contribution in [0.1, 0.15) is 12.8 Å². The second kappa shape index (κ2) is 11.6. The topological polar surface area (TPSA) is 228 Å². The maximum atomic E-state index is 10.2. The number of aliphatic carboxylic acids is 1. The van der Waals surface area contributed by atoms with E-state index in [4.69, 9.17) is 22.3 Å². The van der Waals surface area contributed by atoms with E-state index in [2.05, 4.69) is 15.2 Å². The van der Waals surface area contributed by atoms with Crippen molar-refractivity contribution in [1.29, 1.82) is 0 Å². The molecule has 0 fully saturated rings. The first-order chi connectivity index (χ1) is 9.10. The molecule has 0 saturated carbocycles. The van der Waals surface area contributed by atoms with Gasteiger partial charge in [0.25, 0.3) is 0 Å². The Kier molecular flexibility index (Phi) is 12.2. The Bertz CT molecular complexity index is 342. The molecular formula is C8H21N5O6P-. The van der Waals surface area contributed by atoms with Crippen molar-refractivity contribution >= 4 is 19.8 Å². The van der Waals surface area contributed by atoms with Crippen LogP contribution >= 0.6 is 7.82 Å². The lowest BCUT2D eigenvalue weighted by Crippen LogP contribution is -2.52. The van der Waals surface area contributed by atoms with Crippen molar-refractivity contribution in [3.63, 3.8) is 0 Å². The second-order valence-corrected chi connectivity index (χ2v) is 4.68. The van der Waals surface area contributed by atoms with Gasteiger partial charge in [-0.05, 0) is 12.8 Å². The number of guanidine groups is 1. The first-order valence-electron chi connectivity index (χ1n) is 5.59. The van der Waals surface area contributed by atoms with E-state index in [-0.39, 0.29) is 19.1 Å². The minimum atomic E-state index is -4.72. The third-order valence-electron chi connectivity index (χ3n) is 1.68. The number of nitrogens with two attached hydrogens (primary N) is 3. The standard InChI is InChI=1S/C6H14N4O2.C2H8NO4P/c7-4(5(11)12)2-1-3-10-6(8)9;3-1-2-7-8(4,5)6/h4H,1-3,7H2,(H,11,12)(H4,8,9,10);1-3H2,(H2,4,5,6)/p-1/t4-;/m0./s1. The number of carbonyl (C=O) groups is 1. The molecule has 0 bridgehead atoms. The molecule has 0 rings (SSSR count). The van der Waals surface area contributed by atoms with Gasteiger partial charge in [-0.2, -0.15) is 0 Å². The van der Waals surface area contributed by atoms with Gasteiger partial charge in [-0.25, -0.2) is 0 Å². The zero-order valence-electron chi connectivity index (χ0n) is 10.9. The molecule has 0 aromatic rings. The van der Waals surface area contributed by atoms with Crippen molar-refractivity contribution in [3.05, 3.63) is 0 Å². The fraction of sp³-hybridized carbons (Fsp3) is 0.750. The fourth-order valence-corrected chi connectivity index (χ4v) is 1.17. The summed E-state index contributed by atoms with van der Waals surface area (Å²) < 4.78 is 13.4. The van der Waals surface area contributed by atoms with Gasteiger partial charge in [-0.3, -0.25) is 9.79 Å². The Balaban J connectivity index is 0. The molecule has 0 aliphatic heterocycles. The summed E-state index contributed by atoms with van der Waals surface area (Å²) in [4.78, 5) is 33.1. The van der Waals surface area contributed by atoms with E-state index in [0.29, 0.717) is 19.4 Å². The molecule has 120 valence electrons. The highest BCUT2D eigenvalue weighted by Gasteiger charge is 2.09. The number of aliphatic imine (C=N–C) groups is 1. The minimum Gasteiger partial charge on any atom is -0.790 e. The van der Waals surface area contributed by atoms with Crippen LogP contribution in [0.4, 0.5) is 0 Å². The molecule has 12 heteroatoms. The van der Waals surface area contributed by atoms with Crippen LogP contribution in [0.3, 0.4) is 0 Å². The zero-order chi connectivity index (χ0) is 16.2. The smallest absolute Gasteiger partial charge is 0.320 e. The van der Waals surface area contributed by atoms with Crippen LogP contribution in [-0.2, 0) is 13.9 Å². The number of nitrogens with zero attached hydrogens (tertiary/aromatic N) is 1. The van der Waals surface area contributed by atoms with Gasteiger partial charge >= 0.3 is 5.97 Å². The largest absolute Gasteiger partial charge is 0.790 e. The summed E-state index contributed by atoms with van der Waals surface area (Å²) in [6, 6.07) is -0.820. The van der Waals surface area contributed by atoms with Crippen LogP contribution in [-0.4, -0.2) is 42.8 Å². The summed E-state index contributed by atoms with van der Waals surface area (Å²) in [6.07, 6.45) is 0.956. The SMILES string of the molecule is NC(N)=NCCC[C@H](N)C(=O)O.[NH3+]CCOP(=O)([O-])[O-]. The molecule has 0 unspecified atom stereocenters. The van der Waals surface area contributed by atoms with E-state index in [1.165, 1.54) is 0 Å². The maximum absolute atomic E-state index is 10.2. The van der Waals surface area contributed by atoms with Gasteiger partial charge in [0, 0.05) is 6.54 Å². The van der Waals surface area contributed by atoms with Gasteiger partial charge in [-0.15, -0.1) is 0 Å². The molecule has 11 nitrogen and oxygen atoms in total. The van der Waals surface area contributed by atoms with E-state index in [1.807, 2.05) is 0 Å². The van der Waals surface area contributed by atoms with Crippen molar-refractivity contribution in [2.75, 3.05) is 19.7 Å². The first-order valence-corrected chi connectivity index (χ1v) is 7.05. The molecule has 10 N–H and O–H groups in total. The fourth-order valence-electron chi connectivity index (χ4n) is 0.819. The van der Waals surface area contributed by atoms with E-state index >= 15 is 0 Å². The average molecular weight is 314 g/mol. The number of phosphoric ester groups is 1. The predicted molar refractivity (Wildman–Crippen MR) is 66.8 cm³/mol. The highest BCUT2D eigenvalue weighted by atomic mass is 31.2. The third kappa shape index (κ3) is 19.1. The van der Waals surface area contributed by atoms with Crippen LogP contribution < -0.4 is 32.7 Å². The molecule has 0 aromatic heterocycles. The summed E-state index contributed by atoms with van der Waals surface area (Å²) in [5, 5.41) is 8.38. The van der Waals surface area contributed by atoms with Gasteiger partial charge in [0.2, 0.25) is 0 Å². The van der Waals surface area contributed by atoms with Crippen LogP contribution in [0.25, 0.3) is 0 Å². The Morgan fingerprint density at radius 3 is 2.30 bits per heavy atom. The quantitative estimate of drug-likeness (QED) is 0.126. The number of carboxylic acid groups (broad SMARTS) is 1.